The van der Waals surface area contributed by atoms with Crippen molar-refractivity contribution in [1.82, 2.24) is 10.2 Å². The standard InChI is InChI=1S/C16H32N2O2/c1-6-13(5)15-16(19)18(14(7-2)17-15)9-11-20-10-8-12(3)4/h12-15,17H,6-11H2,1-5H3. The van der Waals surface area contributed by atoms with Crippen molar-refractivity contribution in [1.29, 1.82) is 0 Å². The summed E-state index contributed by atoms with van der Waals surface area (Å²) in [5.41, 5.74) is 0. The van der Waals surface area contributed by atoms with Crippen LogP contribution in [0, 0.1) is 11.8 Å². The molecule has 1 rings (SSSR count). The summed E-state index contributed by atoms with van der Waals surface area (Å²) in [6, 6.07) is -0.0133. The fourth-order valence-corrected chi connectivity index (χ4v) is 2.53. The Morgan fingerprint density at radius 1 is 1.25 bits per heavy atom. The van der Waals surface area contributed by atoms with Crippen molar-refractivity contribution in [2.75, 3.05) is 19.8 Å². The molecule has 3 unspecified atom stereocenters. The predicted octanol–water partition coefficient (Wildman–Crippen LogP) is 2.63. The van der Waals surface area contributed by atoms with E-state index in [9.17, 15) is 4.79 Å². The topological polar surface area (TPSA) is 41.6 Å². The minimum Gasteiger partial charge on any atom is -0.380 e. The van der Waals surface area contributed by atoms with E-state index in [2.05, 4.69) is 39.9 Å². The molecule has 4 heteroatoms. The van der Waals surface area contributed by atoms with Crippen LogP contribution in [0.25, 0.3) is 0 Å². The molecule has 1 fully saturated rings. The summed E-state index contributed by atoms with van der Waals surface area (Å²) in [4.78, 5) is 14.4. The lowest BCUT2D eigenvalue weighted by Gasteiger charge is -2.23. The van der Waals surface area contributed by atoms with E-state index in [1.54, 1.807) is 0 Å². The largest absolute Gasteiger partial charge is 0.380 e. The zero-order chi connectivity index (χ0) is 15.1. The summed E-state index contributed by atoms with van der Waals surface area (Å²) in [6.45, 7) is 12.9. The van der Waals surface area contributed by atoms with Crippen molar-refractivity contribution >= 4 is 5.91 Å². The van der Waals surface area contributed by atoms with Crippen LogP contribution in [-0.2, 0) is 9.53 Å². The molecule has 0 saturated carbocycles. The fourth-order valence-electron chi connectivity index (χ4n) is 2.53. The van der Waals surface area contributed by atoms with E-state index < -0.39 is 0 Å². The molecule has 0 bridgehead atoms. The van der Waals surface area contributed by atoms with Crippen molar-refractivity contribution < 1.29 is 9.53 Å². The van der Waals surface area contributed by atoms with Crippen LogP contribution >= 0.6 is 0 Å². The number of amides is 1. The number of hydrogen-bond donors (Lipinski definition) is 1. The van der Waals surface area contributed by atoms with E-state index >= 15 is 0 Å². The first-order chi connectivity index (χ1) is 9.51. The molecule has 0 aromatic carbocycles. The molecule has 1 aliphatic rings. The van der Waals surface area contributed by atoms with Gasteiger partial charge in [0.25, 0.3) is 0 Å². The number of ether oxygens (including phenoxy) is 1. The third kappa shape index (κ3) is 4.74. The lowest BCUT2D eigenvalue weighted by Crippen LogP contribution is -2.39. The Labute approximate surface area is 124 Å². The van der Waals surface area contributed by atoms with Crippen LogP contribution in [0.5, 0.6) is 0 Å². The molecule has 0 spiro atoms. The number of hydrogen-bond acceptors (Lipinski definition) is 3. The summed E-state index contributed by atoms with van der Waals surface area (Å²) in [7, 11) is 0. The van der Waals surface area contributed by atoms with Gasteiger partial charge in [0, 0.05) is 13.2 Å². The van der Waals surface area contributed by atoms with Gasteiger partial charge in [-0.15, -0.1) is 0 Å². The smallest absolute Gasteiger partial charge is 0.241 e. The first-order valence-corrected chi connectivity index (χ1v) is 8.15. The van der Waals surface area contributed by atoms with Gasteiger partial charge in [0.15, 0.2) is 0 Å². The lowest BCUT2D eigenvalue weighted by molar-refractivity contribution is -0.131. The highest BCUT2D eigenvalue weighted by Crippen LogP contribution is 2.20. The second-order valence-corrected chi connectivity index (χ2v) is 6.28. The van der Waals surface area contributed by atoms with Gasteiger partial charge in [0.05, 0.1) is 18.8 Å². The van der Waals surface area contributed by atoms with Crippen molar-refractivity contribution in [3.63, 3.8) is 0 Å². The van der Waals surface area contributed by atoms with E-state index in [0.29, 0.717) is 25.0 Å². The highest BCUT2D eigenvalue weighted by molar-refractivity contribution is 5.84. The van der Waals surface area contributed by atoms with Crippen LogP contribution < -0.4 is 5.32 Å². The van der Waals surface area contributed by atoms with Crippen LogP contribution in [0.4, 0.5) is 0 Å². The molecule has 3 atom stereocenters. The zero-order valence-electron chi connectivity index (χ0n) is 13.8. The SMILES string of the molecule is CCC(C)C1NC(CC)N(CCOCCC(C)C)C1=O. The number of rotatable bonds is 9. The van der Waals surface area contributed by atoms with E-state index in [4.69, 9.17) is 4.74 Å². The molecule has 0 aliphatic carbocycles. The maximum absolute atomic E-state index is 12.5. The molecule has 0 radical (unpaired) electrons. The fraction of sp³-hybridized carbons (Fsp3) is 0.938. The van der Waals surface area contributed by atoms with E-state index in [1.165, 1.54) is 0 Å². The van der Waals surface area contributed by atoms with Crippen LogP contribution in [0.3, 0.4) is 0 Å². The van der Waals surface area contributed by atoms with Crippen molar-refractivity contribution in [3.8, 4) is 0 Å². The molecule has 20 heavy (non-hydrogen) atoms. The van der Waals surface area contributed by atoms with Gasteiger partial charge in [-0.1, -0.05) is 41.0 Å². The van der Waals surface area contributed by atoms with E-state index in [-0.39, 0.29) is 18.1 Å². The summed E-state index contributed by atoms with van der Waals surface area (Å²) in [6.07, 6.45) is 3.23. The van der Waals surface area contributed by atoms with Crippen molar-refractivity contribution in [2.24, 2.45) is 11.8 Å². The molecule has 1 N–H and O–H groups in total. The summed E-state index contributed by atoms with van der Waals surface area (Å²) >= 11 is 0. The summed E-state index contributed by atoms with van der Waals surface area (Å²) < 4.78 is 5.65. The quantitative estimate of drug-likeness (QED) is 0.662. The molecule has 4 nitrogen and oxygen atoms in total. The first kappa shape index (κ1) is 17.4. The Morgan fingerprint density at radius 2 is 1.95 bits per heavy atom. The molecule has 1 amide bonds. The van der Waals surface area contributed by atoms with Crippen LogP contribution in [0.15, 0.2) is 0 Å². The van der Waals surface area contributed by atoms with Crippen LogP contribution in [-0.4, -0.2) is 42.8 Å². The first-order valence-electron chi connectivity index (χ1n) is 8.15. The normalized spacial score (nSPS) is 24.7. The summed E-state index contributed by atoms with van der Waals surface area (Å²) in [5, 5.41) is 3.47. The Bertz CT molecular complexity index is 294. The molecule has 0 aromatic heterocycles. The Morgan fingerprint density at radius 3 is 2.50 bits per heavy atom. The Balaban J connectivity index is 2.40. The number of nitrogens with one attached hydrogen (secondary N) is 1. The average molecular weight is 284 g/mol. The van der Waals surface area contributed by atoms with Crippen molar-refractivity contribution in [2.45, 2.75) is 66.1 Å². The molecular formula is C16H32N2O2. The molecule has 1 aliphatic heterocycles. The predicted molar refractivity (Wildman–Crippen MR) is 82.4 cm³/mol. The Hall–Kier alpha value is -0.610. The maximum atomic E-state index is 12.5. The van der Waals surface area contributed by atoms with Gasteiger partial charge < -0.3 is 9.64 Å². The van der Waals surface area contributed by atoms with Crippen LogP contribution in [0.1, 0.15) is 53.9 Å². The third-order valence-corrected chi connectivity index (χ3v) is 4.21. The van der Waals surface area contributed by atoms with Gasteiger partial charge >= 0.3 is 0 Å². The minimum absolute atomic E-state index is 0.0133. The minimum atomic E-state index is -0.0133. The molecular weight excluding hydrogens is 252 g/mol. The molecule has 118 valence electrons. The molecule has 0 aromatic rings. The number of carbonyl (C=O) groups excluding carboxylic acids is 1. The maximum Gasteiger partial charge on any atom is 0.241 e. The number of carbonyl (C=O) groups is 1. The highest BCUT2D eigenvalue weighted by atomic mass is 16.5. The zero-order valence-corrected chi connectivity index (χ0v) is 13.8. The third-order valence-electron chi connectivity index (χ3n) is 4.21. The van der Waals surface area contributed by atoms with Crippen LogP contribution in [0.2, 0.25) is 0 Å². The van der Waals surface area contributed by atoms with Gasteiger partial charge in [-0.3, -0.25) is 10.1 Å². The number of nitrogens with zero attached hydrogens (tertiary/aromatic N) is 1. The Kier molecular flexibility index (Phi) is 7.52. The second-order valence-electron chi connectivity index (χ2n) is 6.28. The van der Waals surface area contributed by atoms with E-state index in [1.807, 2.05) is 4.90 Å². The van der Waals surface area contributed by atoms with Gasteiger partial charge in [0.2, 0.25) is 5.91 Å². The monoisotopic (exact) mass is 284 g/mol. The summed E-state index contributed by atoms with van der Waals surface area (Å²) in [5.74, 6) is 1.31. The highest BCUT2D eigenvalue weighted by Gasteiger charge is 2.39. The molecule has 1 saturated heterocycles. The van der Waals surface area contributed by atoms with Gasteiger partial charge in [-0.05, 0) is 24.7 Å². The lowest BCUT2D eigenvalue weighted by atomic mass is 9.99. The van der Waals surface area contributed by atoms with Crippen molar-refractivity contribution in [3.05, 3.63) is 0 Å². The average Bonchev–Trinajstić information content (AvgIpc) is 2.74. The second kappa shape index (κ2) is 8.63. The van der Waals surface area contributed by atoms with E-state index in [0.717, 1.165) is 25.9 Å². The van der Waals surface area contributed by atoms with Gasteiger partial charge in [-0.2, -0.15) is 0 Å². The van der Waals surface area contributed by atoms with Gasteiger partial charge in [0.1, 0.15) is 0 Å². The van der Waals surface area contributed by atoms with Gasteiger partial charge in [-0.25, -0.2) is 0 Å². The molecule has 1 heterocycles.